The lowest BCUT2D eigenvalue weighted by Crippen LogP contribution is -2.55. The molecule has 9 heteroatoms. The molecule has 0 aromatic heterocycles. The summed E-state index contributed by atoms with van der Waals surface area (Å²) in [5, 5.41) is 5.50. The number of rotatable bonds is 13. The SMILES string of the molecule is C#Cc1ccccc1C(C(=O)NCCCCC)N(C(=O)C(CCC(N)=O)NC(=O)OC(C)(C)C)C(C)C. The zero-order valence-electron chi connectivity index (χ0n) is 22.9. The Kier molecular flexibility index (Phi) is 12.7. The number of nitrogens with one attached hydrogen (secondary N) is 2. The van der Waals surface area contributed by atoms with Crippen LogP contribution < -0.4 is 16.4 Å². The Balaban J connectivity index is 3.49. The lowest BCUT2D eigenvalue weighted by molar-refractivity contribution is -0.144. The van der Waals surface area contributed by atoms with Gasteiger partial charge < -0.3 is 26.0 Å². The fourth-order valence-corrected chi connectivity index (χ4v) is 3.82. The normalized spacial score (nSPS) is 12.7. The average Bonchev–Trinajstić information content (AvgIpc) is 2.80. The Morgan fingerprint density at radius 2 is 1.78 bits per heavy atom. The fourth-order valence-electron chi connectivity index (χ4n) is 3.82. The molecule has 2 unspecified atom stereocenters. The first-order valence-electron chi connectivity index (χ1n) is 12.8. The van der Waals surface area contributed by atoms with Crippen molar-refractivity contribution in [3.8, 4) is 12.3 Å². The van der Waals surface area contributed by atoms with Crippen LogP contribution in [0.3, 0.4) is 0 Å². The van der Waals surface area contributed by atoms with Crippen molar-refractivity contribution >= 4 is 23.8 Å². The van der Waals surface area contributed by atoms with Gasteiger partial charge in [-0.1, -0.05) is 43.9 Å². The number of alkyl carbamates (subject to hydrolysis) is 1. The molecule has 0 saturated carbocycles. The third-order valence-corrected chi connectivity index (χ3v) is 5.50. The summed E-state index contributed by atoms with van der Waals surface area (Å²) in [5.41, 5.74) is 5.50. The predicted octanol–water partition coefficient (Wildman–Crippen LogP) is 3.41. The second-order valence-corrected chi connectivity index (χ2v) is 10.2. The fraction of sp³-hybridized carbons (Fsp3) is 0.571. The number of amides is 4. The summed E-state index contributed by atoms with van der Waals surface area (Å²) in [7, 11) is 0. The maximum atomic E-state index is 14.0. The molecule has 1 rings (SSSR count). The molecule has 0 heterocycles. The number of terminal acetylenes is 1. The number of nitrogens with two attached hydrogens (primary N) is 1. The summed E-state index contributed by atoms with van der Waals surface area (Å²) in [4.78, 5) is 53.0. The smallest absolute Gasteiger partial charge is 0.408 e. The van der Waals surface area contributed by atoms with Gasteiger partial charge in [-0.15, -0.1) is 6.42 Å². The number of carbonyl (C=O) groups is 4. The molecule has 1 aromatic rings. The van der Waals surface area contributed by atoms with Crippen LogP contribution in [0.25, 0.3) is 0 Å². The van der Waals surface area contributed by atoms with Crippen LogP contribution in [-0.4, -0.2) is 52.9 Å². The molecule has 0 aliphatic heterocycles. The van der Waals surface area contributed by atoms with E-state index in [9.17, 15) is 19.2 Å². The number of ether oxygens (including phenoxy) is 1. The minimum atomic E-state index is -1.15. The number of unbranched alkanes of at least 4 members (excludes halogenated alkanes) is 2. The molecule has 0 saturated heterocycles. The molecule has 0 spiro atoms. The summed E-state index contributed by atoms with van der Waals surface area (Å²) < 4.78 is 5.33. The van der Waals surface area contributed by atoms with Crippen molar-refractivity contribution in [2.45, 2.75) is 97.4 Å². The molecule has 0 aliphatic rings. The van der Waals surface area contributed by atoms with E-state index in [1.165, 1.54) is 4.90 Å². The van der Waals surface area contributed by atoms with Gasteiger partial charge in [0.05, 0.1) is 0 Å². The Morgan fingerprint density at radius 3 is 2.32 bits per heavy atom. The molecule has 204 valence electrons. The monoisotopic (exact) mass is 514 g/mol. The second-order valence-electron chi connectivity index (χ2n) is 10.2. The molecule has 0 fully saturated rings. The molecular formula is C28H42N4O5. The minimum absolute atomic E-state index is 0.0573. The molecule has 1 aromatic carbocycles. The zero-order chi connectivity index (χ0) is 28.2. The minimum Gasteiger partial charge on any atom is -0.444 e. The van der Waals surface area contributed by atoms with Gasteiger partial charge in [0, 0.05) is 24.6 Å². The third kappa shape index (κ3) is 10.5. The highest BCUT2D eigenvalue weighted by atomic mass is 16.6. The van der Waals surface area contributed by atoms with E-state index in [-0.39, 0.29) is 18.7 Å². The Hall–Kier alpha value is -3.54. The van der Waals surface area contributed by atoms with Crippen molar-refractivity contribution in [1.82, 2.24) is 15.5 Å². The number of carbonyl (C=O) groups excluding carboxylic acids is 4. The maximum absolute atomic E-state index is 14.0. The largest absolute Gasteiger partial charge is 0.444 e. The molecule has 0 radical (unpaired) electrons. The van der Waals surface area contributed by atoms with E-state index in [0.717, 1.165) is 19.3 Å². The first kappa shape index (κ1) is 31.5. The van der Waals surface area contributed by atoms with Crippen molar-refractivity contribution in [1.29, 1.82) is 0 Å². The quantitative estimate of drug-likeness (QED) is 0.274. The van der Waals surface area contributed by atoms with Crippen LogP contribution in [0.5, 0.6) is 0 Å². The van der Waals surface area contributed by atoms with Crippen LogP contribution in [0.2, 0.25) is 0 Å². The zero-order valence-corrected chi connectivity index (χ0v) is 22.9. The van der Waals surface area contributed by atoms with Gasteiger partial charge in [-0.25, -0.2) is 4.79 Å². The summed E-state index contributed by atoms with van der Waals surface area (Å²) in [6.07, 6.45) is 7.46. The Morgan fingerprint density at radius 1 is 1.14 bits per heavy atom. The summed E-state index contributed by atoms with van der Waals surface area (Å²) >= 11 is 0. The van der Waals surface area contributed by atoms with E-state index in [1.54, 1.807) is 58.9 Å². The molecule has 4 N–H and O–H groups in total. The highest BCUT2D eigenvalue weighted by molar-refractivity contribution is 5.93. The van der Waals surface area contributed by atoms with E-state index >= 15 is 0 Å². The van der Waals surface area contributed by atoms with Crippen LogP contribution in [0.15, 0.2) is 24.3 Å². The van der Waals surface area contributed by atoms with Gasteiger partial charge >= 0.3 is 6.09 Å². The number of nitrogens with zero attached hydrogens (tertiary/aromatic N) is 1. The van der Waals surface area contributed by atoms with Crippen LogP contribution in [0, 0.1) is 12.3 Å². The topological polar surface area (TPSA) is 131 Å². The molecule has 37 heavy (non-hydrogen) atoms. The third-order valence-electron chi connectivity index (χ3n) is 5.50. The molecular weight excluding hydrogens is 472 g/mol. The number of benzene rings is 1. The van der Waals surface area contributed by atoms with Crippen LogP contribution >= 0.6 is 0 Å². The molecule has 9 nitrogen and oxygen atoms in total. The van der Waals surface area contributed by atoms with E-state index < -0.39 is 41.6 Å². The highest BCUT2D eigenvalue weighted by Gasteiger charge is 2.38. The van der Waals surface area contributed by atoms with Gasteiger partial charge in [-0.3, -0.25) is 14.4 Å². The van der Waals surface area contributed by atoms with Crippen molar-refractivity contribution in [3.63, 3.8) is 0 Å². The summed E-state index contributed by atoms with van der Waals surface area (Å²) in [5.74, 6) is 1.04. The van der Waals surface area contributed by atoms with Crippen molar-refractivity contribution in [3.05, 3.63) is 35.4 Å². The van der Waals surface area contributed by atoms with Crippen molar-refractivity contribution in [2.24, 2.45) is 5.73 Å². The molecule has 2 atom stereocenters. The van der Waals surface area contributed by atoms with Crippen LogP contribution in [0.1, 0.15) is 90.8 Å². The Bertz CT molecular complexity index is 978. The van der Waals surface area contributed by atoms with Gasteiger partial charge in [0.2, 0.25) is 17.7 Å². The van der Waals surface area contributed by atoms with E-state index in [2.05, 4.69) is 23.5 Å². The molecule has 0 bridgehead atoms. The van der Waals surface area contributed by atoms with Crippen LogP contribution in [-0.2, 0) is 19.1 Å². The number of hydrogen-bond donors (Lipinski definition) is 3. The van der Waals surface area contributed by atoms with E-state index in [4.69, 9.17) is 16.9 Å². The van der Waals surface area contributed by atoms with Gasteiger partial charge in [-0.05, 0) is 59.1 Å². The van der Waals surface area contributed by atoms with Crippen LogP contribution in [0.4, 0.5) is 4.79 Å². The maximum Gasteiger partial charge on any atom is 0.408 e. The van der Waals surface area contributed by atoms with Gasteiger partial charge in [-0.2, -0.15) is 0 Å². The molecule has 0 aliphatic carbocycles. The highest BCUT2D eigenvalue weighted by Crippen LogP contribution is 2.28. The van der Waals surface area contributed by atoms with Gasteiger partial charge in [0.15, 0.2) is 0 Å². The van der Waals surface area contributed by atoms with Crippen molar-refractivity contribution in [2.75, 3.05) is 6.54 Å². The Labute approximate surface area is 220 Å². The van der Waals surface area contributed by atoms with E-state index in [1.807, 2.05) is 0 Å². The van der Waals surface area contributed by atoms with Crippen molar-refractivity contribution < 1.29 is 23.9 Å². The number of primary amides is 1. The first-order valence-corrected chi connectivity index (χ1v) is 12.8. The lowest BCUT2D eigenvalue weighted by atomic mass is 9.96. The predicted molar refractivity (Wildman–Crippen MR) is 143 cm³/mol. The standard InChI is InChI=1S/C28H42N4O5/c1-8-10-13-18-30-25(34)24(21-15-12-11-14-20(21)9-2)32(19(3)4)26(35)22(16-17-23(29)33)31-27(36)37-28(5,6)7/h2,11-12,14-15,19,22,24H,8,10,13,16-18H2,1,3-7H3,(H2,29,33)(H,30,34)(H,31,36). The second kappa shape index (κ2) is 14.9. The van der Waals surface area contributed by atoms with Gasteiger partial charge in [0.25, 0.3) is 0 Å². The lowest BCUT2D eigenvalue weighted by Gasteiger charge is -2.37. The van der Waals surface area contributed by atoms with Gasteiger partial charge in [0.1, 0.15) is 17.7 Å². The average molecular weight is 515 g/mol. The summed E-state index contributed by atoms with van der Waals surface area (Å²) in [6, 6.07) is 4.26. The molecule has 4 amide bonds. The summed E-state index contributed by atoms with van der Waals surface area (Å²) in [6.45, 7) is 11.1. The van der Waals surface area contributed by atoms with E-state index in [0.29, 0.717) is 17.7 Å². The number of hydrogen-bond acceptors (Lipinski definition) is 5. The first-order chi connectivity index (χ1) is 17.3.